The highest BCUT2D eigenvalue weighted by Gasteiger charge is 2.23. The van der Waals surface area contributed by atoms with Crippen molar-refractivity contribution in [2.75, 3.05) is 11.5 Å². The van der Waals surface area contributed by atoms with Gasteiger partial charge in [-0.3, -0.25) is 4.79 Å². The fraction of sp³-hybridized carbons (Fsp3) is 0.333. The standard InChI is InChI=1S/C12H16N4O3S/c1-7(2)14-11(17)6-20(18,19)12-15-9-4-3-8(13)5-10(9)16-12/h3-5,7H,6,13H2,1-2H3,(H,14,17)(H,15,16). The first-order valence-corrected chi connectivity index (χ1v) is 7.70. The molecule has 108 valence electrons. The molecule has 0 radical (unpaired) electrons. The normalized spacial score (nSPS) is 11.9. The van der Waals surface area contributed by atoms with Crippen LogP contribution in [0.1, 0.15) is 13.8 Å². The molecule has 8 heteroatoms. The first-order chi connectivity index (χ1) is 9.28. The molecular formula is C12H16N4O3S. The topological polar surface area (TPSA) is 118 Å². The summed E-state index contributed by atoms with van der Waals surface area (Å²) < 4.78 is 24.2. The van der Waals surface area contributed by atoms with Gasteiger partial charge in [0, 0.05) is 11.7 Å². The quantitative estimate of drug-likeness (QED) is 0.708. The van der Waals surface area contributed by atoms with Crippen molar-refractivity contribution in [3.8, 4) is 0 Å². The smallest absolute Gasteiger partial charge is 0.235 e. The Kier molecular flexibility index (Phi) is 3.67. The Labute approximate surface area is 116 Å². The Hall–Kier alpha value is -2.09. The van der Waals surface area contributed by atoms with E-state index < -0.39 is 21.5 Å². The number of aromatic amines is 1. The number of amides is 1. The van der Waals surface area contributed by atoms with E-state index in [2.05, 4.69) is 15.3 Å². The molecule has 0 aliphatic heterocycles. The molecule has 2 rings (SSSR count). The van der Waals surface area contributed by atoms with Crippen molar-refractivity contribution in [2.24, 2.45) is 0 Å². The van der Waals surface area contributed by atoms with Crippen LogP contribution in [0, 0.1) is 0 Å². The van der Waals surface area contributed by atoms with E-state index in [1.807, 2.05) is 0 Å². The molecule has 0 atom stereocenters. The van der Waals surface area contributed by atoms with Crippen LogP contribution in [-0.2, 0) is 14.6 Å². The lowest BCUT2D eigenvalue weighted by molar-refractivity contribution is -0.119. The van der Waals surface area contributed by atoms with Gasteiger partial charge in [0.05, 0.1) is 11.0 Å². The number of hydrogen-bond donors (Lipinski definition) is 3. The molecule has 0 saturated carbocycles. The summed E-state index contributed by atoms with van der Waals surface area (Å²) in [5, 5.41) is 2.31. The van der Waals surface area contributed by atoms with Crippen LogP contribution in [0.25, 0.3) is 11.0 Å². The summed E-state index contributed by atoms with van der Waals surface area (Å²) in [4.78, 5) is 18.2. The molecule has 0 unspecified atom stereocenters. The number of H-pyrrole nitrogens is 1. The lowest BCUT2D eigenvalue weighted by Crippen LogP contribution is -2.35. The summed E-state index contributed by atoms with van der Waals surface area (Å²) in [6.07, 6.45) is 0. The first kappa shape index (κ1) is 14.3. The van der Waals surface area contributed by atoms with Gasteiger partial charge in [-0.1, -0.05) is 0 Å². The molecule has 0 spiro atoms. The van der Waals surface area contributed by atoms with Crippen LogP contribution in [0.3, 0.4) is 0 Å². The summed E-state index contributed by atoms with van der Waals surface area (Å²) in [6, 6.07) is 4.72. The number of nitrogens with two attached hydrogens (primary N) is 1. The Morgan fingerprint density at radius 2 is 2.15 bits per heavy atom. The maximum absolute atomic E-state index is 12.1. The highest BCUT2D eigenvalue weighted by Crippen LogP contribution is 2.17. The molecule has 0 aliphatic carbocycles. The van der Waals surface area contributed by atoms with E-state index in [4.69, 9.17) is 5.73 Å². The van der Waals surface area contributed by atoms with Gasteiger partial charge in [-0.2, -0.15) is 0 Å². The zero-order valence-electron chi connectivity index (χ0n) is 11.2. The number of nitrogens with one attached hydrogen (secondary N) is 2. The minimum absolute atomic E-state index is 0.117. The molecule has 20 heavy (non-hydrogen) atoms. The molecule has 0 saturated heterocycles. The van der Waals surface area contributed by atoms with Crippen LogP contribution >= 0.6 is 0 Å². The lowest BCUT2D eigenvalue weighted by atomic mass is 10.3. The third kappa shape index (κ3) is 3.08. The molecule has 1 aromatic heterocycles. The number of benzene rings is 1. The average Bonchev–Trinajstić information content (AvgIpc) is 2.70. The van der Waals surface area contributed by atoms with Crippen molar-refractivity contribution >= 4 is 32.5 Å². The third-order valence-electron chi connectivity index (χ3n) is 2.55. The third-order valence-corrected chi connectivity index (χ3v) is 3.97. The van der Waals surface area contributed by atoms with Crippen molar-refractivity contribution in [3.05, 3.63) is 18.2 Å². The van der Waals surface area contributed by atoms with E-state index in [9.17, 15) is 13.2 Å². The fourth-order valence-corrected chi connectivity index (χ4v) is 2.82. The van der Waals surface area contributed by atoms with Crippen LogP contribution < -0.4 is 11.1 Å². The molecule has 7 nitrogen and oxygen atoms in total. The molecular weight excluding hydrogens is 280 g/mol. The number of rotatable bonds is 4. The van der Waals surface area contributed by atoms with Gasteiger partial charge < -0.3 is 16.0 Å². The summed E-state index contributed by atoms with van der Waals surface area (Å²) in [7, 11) is -3.80. The molecule has 1 heterocycles. The molecule has 1 aromatic carbocycles. The molecule has 0 fully saturated rings. The molecule has 4 N–H and O–H groups in total. The minimum atomic E-state index is -3.80. The minimum Gasteiger partial charge on any atom is -0.399 e. The SMILES string of the molecule is CC(C)NC(=O)CS(=O)(=O)c1nc2ccc(N)cc2[nH]1. The number of aromatic nitrogens is 2. The predicted molar refractivity (Wildman–Crippen MR) is 75.8 cm³/mol. The van der Waals surface area contributed by atoms with E-state index >= 15 is 0 Å². The number of carbonyl (C=O) groups is 1. The largest absolute Gasteiger partial charge is 0.399 e. The van der Waals surface area contributed by atoms with E-state index in [0.717, 1.165) is 0 Å². The number of nitrogens with zero attached hydrogens (tertiary/aromatic N) is 1. The number of nitrogen functional groups attached to an aromatic ring is 1. The monoisotopic (exact) mass is 296 g/mol. The van der Waals surface area contributed by atoms with Crippen molar-refractivity contribution in [1.82, 2.24) is 15.3 Å². The van der Waals surface area contributed by atoms with Crippen LogP contribution in [-0.4, -0.2) is 36.1 Å². The number of hydrogen-bond acceptors (Lipinski definition) is 5. The maximum Gasteiger partial charge on any atom is 0.235 e. The van der Waals surface area contributed by atoms with Crippen molar-refractivity contribution in [3.63, 3.8) is 0 Å². The first-order valence-electron chi connectivity index (χ1n) is 6.05. The highest BCUT2D eigenvalue weighted by atomic mass is 32.2. The fourth-order valence-electron chi connectivity index (χ4n) is 1.76. The Morgan fingerprint density at radius 3 is 2.80 bits per heavy atom. The van der Waals surface area contributed by atoms with Crippen LogP contribution in [0.5, 0.6) is 0 Å². The number of imidazole rings is 1. The van der Waals surface area contributed by atoms with E-state index in [1.165, 1.54) is 0 Å². The lowest BCUT2D eigenvalue weighted by Gasteiger charge is -2.07. The zero-order valence-corrected chi connectivity index (χ0v) is 12.0. The van der Waals surface area contributed by atoms with E-state index in [-0.39, 0.29) is 11.2 Å². The van der Waals surface area contributed by atoms with Gasteiger partial charge in [-0.15, -0.1) is 0 Å². The number of anilines is 1. The van der Waals surface area contributed by atoms with Crippen molar-refractivity contribution < 1.29 is 13.2 Å². The number of sulfone groups is 1. The van der Waals surface area contributed by atoms with Crippen LogP contribution in [0.2, 0.25) is 0 Å². The molecule has 0 aliphatic rings. The number of carbonyl (C=O) groups excluding carboxylic acids is 1. The second kappa shape index (κ2) is 5.12. The Balaban J connectivity index is 2.30. The molecule has 1 amide bonds. The summed E-state index contributed by atoms with van der Waals surface area (Å²) in [5.74, 6) is -1.19. The van der Waals surface area contributed by atoms with E-state index in [0.29, 0.717) is 16.7 Å². The van der Waals surface area contributed by atoms with Gasteiger partial charge in [0.25, 0.3) is 0 Å². The summed E-state index contributed by atoms with van der Waals surface area (Å²) in [5.41, 5.74) is 7.13. The van der Waals surface area contributed by atoms with Gasteiger partial charge in [-0.05, 0) is 32.0 Å². The highest BCUT2D eigenvalue weighted by molar-refractivity contribution is 7.91. The average molecular weight is 296 g/mol. The van der Waals surface area contributed by atoms with Gasteiger partial charge in [0.15, 0.2) is 0 Å². The molecule has 2 aromatic rings. The van der Waals surface area contributed by atoms with Gasteiger partial charge in [0.2, 0.25) is 20.9 Å². The van der Waals surface area contributed by atoms with Crippen molar-refractivity contribution in [2.45, 2.75) is 25.0 Å². The second-order valence-electron chi connectivity index (χ2n) is 4.80. The summed E-state index contributed by atoms with van der Waals surface area (Å²) in [6.45, 7) is 3.52. The van der Waals surface area contributed by atoms with Gasteiger partial charge >= 0.3 is 0 Å². The van der Waals surface area contributed by atoms with Crippen LogP contribution in [0.15, 0.2) is 23.4 Å². The Morgan fingerprint density at radius 1 is 1.45 bits per heavy atom. The zero-order chi connectivity index (χ0) is 14.9. The van der Waals surface area contributed by atoms with E-state index in [1.54, 1.807) is 32.0 Å². The Bertz CT molecular complexity index is 749. The predicted octanol–water partition coefficient (Wildman–Crippen LogP) is 0.443. The van der Waals surface area contributed by atoms with Gasteiger partial charge in [0.1, 0.15) is 5.75 Å². The maximum atomic E-state index is 12.1. The van der Waals surface area contributed by atoms with Crippen molar-refractivity contribution in [1.29, 1.82) is 0 Å². The second-order valence-corrected chi connectivity index (χ2v) is 6.70. The number of fused-ring (bicyclic) bond motifs is 1. The van der Waals surface area contributed by atoms with Crippen LogP contribution in [0.4, 0.5) is 5.69 Å². The molecule has 0 bridgehead atoms. The van der Waals surface area contributed by atoms with Gasteiger partial charge in [-0.25, -0.2) is 13.4 Å². The summed E-state index contributed by atoms with van der Waals surface area (Å²) >= 11 is 0.